The van der Waals surface area contributed by atoms with E-state index in [1.54, 1.807) is 0 Å². The Morgan fingerprint density at radius 3 is 1.41 bits per heavy atom. The van der Waals surface area contributed by atoms with Crippen molar-refractivity contribution in [3.05, 3.63) is 0 Å². The summed E-state index contributed by atoms with van der Waals surface area (Å²) in [6.07, 6.45) is 27.5. The van der Waals surface area contributed by atoms with E-state index in [2.05, 4.69) is 24.6 Å². The van der Waals surface area contributed by atoms with Crippen molar-refractivity contribution in [1.29, 1.82) is 0 Å². The molecule has 0 heterocycles. The topological polar surface area (TPSA) is 0 Å². The molecule has 0 aromatic carbocycles. The summed E-state index contributed by atoms with van der Waals surface area (Å²) in [6, 6.07) is 0. The number of unbranched alkanes of at least 4 members (excludes halogenated alkanes) is 14. The Kier molecular flexibility index (Phi) is 20.8. The van der Waals surface area contributed by atoms with Crippen LogP contribution in [0, 0.1) is 12.3 Å². The Balaban J connectivity index is 2.93. The van der Waals surface area contributed by atoms with Gasteiger partial charge in [0.15, 0.2) is 0 Å². The second kappa shape index (κ2) is 20.9. The van der Waals surface area contributed by atoms with E-state index < -0.39 is 0 Å². The molecule has 0 saturated heterocycles. The van der Waals surface area contributed by atoms with Crippen LogP contribution in [0.3, 0.4) is 0 Å². The van der Waals surface area contributed by atoms with Crippen LogP contribution in [-0.4, -0.2) is 11.5 Å². The molecule has 22 heavy (non-hydrogen) atoms. The third kappa shape index (κ3) is 19.9. The standard InChI is InChI=1S/C21H40S/c1-3-5-6-7-8-9-10-11-12-13-14-15-16-17-18-19-21-22-20-4-2/h1H,4-21H2,2H3. The molecule has 0 aromatic rings. The van der Waals surface area contributed by atoms with Gasteiger partial charge in [0.25, 0.3) is 0 Å². The molecule has 0 atom stereocenters. The third-order valence-corrected chi connectivity index (χ3v) is 5.48. The van der Waals surface area contributed by atoms with Crippen molar-refractivity contribution in [1.82, 2.24) is 0 Å². The minimum atomic E-state index is 0.970. The highest BCUT2D eigenvalue weighted by Crippen LogP contribution is 2.14. The quantitative estimate of drug-likeness (QED) is 0.185. The Hall–Kier alpha value is -0.0900. The first kappa shape index (κ1) is 21.9. The largest absolute Gasteiger partial charge is 0.162 e. The lowest BCUT2D eigenvalue weighted by atomic mass is 10.0. The molecule has 0 bridgehead atoms. The molecule has 0 N–H and O–H groups in total. The van der Waals surface area contributed by atoms with Gasteiger partial charge in [-0.15, -0.1) is 12.3 Å². The number of terminal acetylenes is 1. The van der Waals surface area contributed by atoms with Crippen LogP contribution in [0.4, 0.5) is 0 Å². The van der Waals surface area contributed by atoms with E-state index in [1.165, 1.54) is 108 Å². The molecule has 0 saturated carbocycles. The summed E-state index contributed by atoms with van der Waals surface area (Å²) in [6.45, 7) is 2.27. The van der Waals surface area contributed by atoms with Crippen molar-refractivity contribution in [3.8, 4) is 12.3 Å². The van der Waals surface area contributed by atoms with Crippen LogP contribution in [0.15, 0.2) is 0 Å². The van der Waals surface area contributed by atoms with E-state index in [1.807, 2.05) is 0 Å². The average Bonchev–Trinajstić information content (AvgIpc) is 2.54. The zero-order chi connectivity index (χ0) is 16.1. The van der Waals surface area contributed by atoms with Crippen molar-refractivity contribution in [3.63, 3.8) is 0 Å². The molecule has 0 aliphatic carbocycles. The summed E-state index contributed by atoms with van der Waals surface area (Å²) in [5, 5.41) is 0. The maximum absolute atomic E-state index is 5.25. The van der Waals surface area contributed by atoms with Crippen LogP contribution in [0.25, 0.3) is 0 Å². The highest BCUT2D eigenvalue weighted by Gasteiger charge is 1.94. The van der Waals surface area contributed by atoms with Crippen molar-refractivity contribution >= 4 is 11.8 Å². The van der Waals surface area contributed by atoms with E-state index in [4.69, 9.17) is 6.42 Å². The highest BCUT2D eigenvalue weighted by atomic mass is 32.2. The molecule has 0 aliphatic rings. The normalized spacial score (nSPS) is 10.7. The van der Waals surface area contributed by atoms with E-state index in [-0.39, 0.29) is 0 Å². The molecular formula is C21H40S. The number of hydrogen-bond donors (Lipinski definition) is 0. The molecule has 0 nitrogen and oxygen atoms in total. The van der Waals surface area contributed by atoms with Crippen molar-refractivity contribution in [2.45, 2.75) is 110 Å². The summed E-state index contributed by atoms with van der Waals surface area (Å²) in [5.74, 6) is 5.46. The Labute approximate surface area is 145 Å². The van der Waals surface area contributed by atoms with Crippen LogP contribution in [-0.2, 0) is 0 Å². The van der Waals surface area contributed by atoms with Crippen LogP contribution >= 0.6 is 11.8 Å². The Morgan fingerprint density at radius 2 is 1.00 bits per heavy atom. The fourth-order valence-corrected chi connectivity index (χ4v) is 3.70. The summed E-state index contributed by atoms with van der Waals surface area (Å²) in [4.78, 5) is 0. The van der Waals surface area contributed by atoms with Crippen molar-refractivity contribution in [2.75, 3.05) is 11.5 Å². The van der Waals surface area contributed by atoms with E-state index in [0.717, 1.165) is 6.42 Å². The average molecular weight is 325 g/mol. The van der Waals surface area contributed by atoms with Gasteiger partial charge in [-0.1, -0.05) is 84.0 Å². The molecule has 0 rings (SSSR count). The predicted octanol–water partition coefficient (Wildman–Crippen LogP) is 7.61. The number of rotatable bonds is 18. The van der Waals surface area contributed by atoms with Gasteiger partial charge < -0.3 is 0 Å². The molecule has 0 aliphatic heterocycles. The summed E-state index contributed by atoms with van der Waals surface area (Å²) in [7, 11) is 0. The molecular weight excluding hydrogens is 284 g/mol. The number of thioether (sulfide) groups is 1. The van der Waals surface area contributed by atoms with Gasteiger partial charge in [0, 0.05) is 6.42 Å². The second-order valence-electron chi connectivity index (χ2n) is 6.52. The fraction of sp³-hybridized carbons (Fsp3) is 0.905. The zero-order valence-electron chi connectivity index (χ0n) is 15.2. The minimum Gasteiger partial charge on any atom is -0.162 e. The lowest BCUT2D eigenvalue weighted by Gasteiger charge is -2.03. The van der Waals surface area contributed by atoms with Crippen LogP contribution in [0.1, 0.15) is 110 Å². The van der Waals surface area contributed by atoms with Gasteiger partial charge in [-0.3, -0.25) is 0 Å². The number of hydrogen-bond acceptors (Lipinski definition) is 1. The molecule has 0 unspecified atom stereocenters. The van der Waals surface area contributed by atoms with Gasteiger partial charge >= 0.3 is 0 Å². The summed E-state index contributed by atoms with van der Waals surface area (Å²) >= 11 is 2.13. The maximum atomic E-state index is 5.25. The summed E-state index contributed by atoms with van der Waals surface area (Å²) < 4.78 is 0. The van der Waals surface area contributed by atoms with Gasteiger partial charge in [0.2, 0.25) is 0 Å². The summed E-state index contributed by atoms with van der Waals surface area (Å²) in [5.41, 5.74) is 0. The van der Waals surface area contributed by atoms with Gasteiger partial charge in [-0.2, -0.15) is 11.8 Å². The first-order valence-electron chi connectivity index (χ1n) is 9.93. The second-order valence-corrected chi connectivity index (χ2v) is 7.74. The van der Waals surface area contributed by atoms with Gasteiger partial charge in [-0.05, 0) is 30.8 Å². The van der Waals surface area contributed by atoms with E-state index in [0.29, 0.717) is 0 Å². The van der Waals surface area contributed by atoms with Gasteiger partial charge in [0.05, 0.1) is 0 Å². The SMILES string of the molecule is C#CCCCCCCCCCCCCCCCCSCCC. The lowest BCUT2D eigenvalue weighted by molar-refractivity contribution is 0.537. The Morgan fingerprint density at radius 1 is 0.591 bits per heavy atom. The van der Waals surface area contributed by atoms with Gasteiger partial charge in [-0.25, -0.2) is 0 Å². The van der Waals surface area contributed by atoms with Crippen molar-refractivity contribution in [2.24, 2.45) is 0 Å². The van der Waals surface area contributed by atoms with Crippen LogP contribution in [0.2, 0.25) is 0 Å². The fourth-order valence-electron chi connectivity index (χ4n) is 2.80. The van der Waals surface area contributed by atoms with Crippen LogP contribution < -0.4 is 0 Å². The predicted molar refractivity (Wildman–Crippen MR) is 106 cm³/mol. The molecule has 0 radical (unpaired) electrons. The monoisotopic (exact) mass is 324 g/mol. The molecule has 130 valence electrons. The highest BCUT2D eigenvalue weighted by molar-refractivity contribution is 7.99. The first-order valence-corrected chi connectivity index (χ1v) is 11.1. The maximum Gasteiger partial charge on any atom is 0.00860 e. The lowest BCUT2D eigenvalue weighted by Crippen LogP contribution is -1.85. The Bertz CT molecular complexity index is 229. The molecule has 0 aromatic heterocycles. The first-order chi connectivity index (χ1) is 10.9. The molecule has 0 spiro atoms. The van der Waals surface area contributed by atoms with E-state index >= 15 is 0 Å². The zero-order valence-corrected chi connectivity index (χ0v) is 16.0. The molecule has 1 heteroatoms. The minimum absolute atomic E-state index is 0.970. The molecule has 0 amide bonds. The third-order valence-electron chi connectivity index (χ3n) is 4.21. The van der Waals surface area contributed by atoms with E-state index in [9.17, 15) is 0 Å². The van der Waals surface area contributed by atoms with Gasteiger partial charge in [0.1, 0.15) is 0 Å². The smallest absolute Gasteiger partial charge is 0.00860 e. The van der Waals surface area contributed by atoms with Crippen molar-refractivity contribution < 1.29 is 0 Å². The molecule has 0 fully saturated rings. The van der Waals surface area contributed by atoms with Crippen LogP contribution in [0.5, 0.6) is 0 Å².